The molecule has 1 heterocycles. The van der Waals surface area contributed by atoms with Crippen molar-refractivity contribution in [2.24, 2.45) is 0 Å². The molecule has 1 aromatic carbocycles. The van der Waals surface area contributed by atoms with Crippen LogP contribution in [0.3, 0.4) is 0 Å². The summed E-state index contributed by atoms with van der Waals surface area (Å²) in [5.74, 6) is 0.418. The van der Waals surface area contributed by atoms with Crippen LogP contribution in [0.5, 0.6) is 5.75 Å². The number of nitrogens with one attached hydrogen (secondary N) is 1. The normalized spacial score (nSPS) is 16.4. The van der Waals surface area contributed by atoms with Crippen molar-refractivity contribution < 1.29 is 5.11 Å². The molecule has 1 aromatic rings. The van der Waals surface area contributed by atoms with E-state index < -0.39 is 0 Å². The number of halogens is 1. The quantitative estimate of drug-likeness (QED) is 0.712. The Kier molecular flexibility index (Phi) is 2.74. The highest BCUT2D eigenvalue weighted by Crippen LogP contribution is 2.25. The summed E-state index contributed by atoms with van der Waals surface area (Å²) in [4.78, 5) is 0. The molecule has 0 atom stereocenters. The van der Waals surface area contributed by atoms with E-state index in [1.165, 1.54) is 11.1 Å². The third-order valence-electron chi connectivity index (χ3n) is 2.41. The Labute approximate surface area is 91.5 Å². The second-order valence-corrected chi connectivity index (χ2v) is 4.48. The molecule has 2 nitrogen and oxygen atoms in total. The van der Waals surface area contributed by atoms with Gasteiger partial charge in [0.2, 0.25) is 0 Å². The third kappa shape index (κ3) is 1.96. The summed E-state index contributed by atoms with van der Waals surface area (Å²) < 4.78 is 0.957. The molecule has 0 fully saturated rings. The van der Waals surface area contributed by atoms with Crippen molar-refractivity contribution in [3.8, 4) is 5.75 Å². The molecule has 1 aliphatic heterocycles. The number of benzene rings is 1. The zero-order valence-electron chi connectivity index (χ0n) is 7.31. The number of aromatic hydroxyl groups is 1. The van der Waals surface area contributed by atoms with Gasteiger partial charge in [0.1, 0.15) is 5.75 Å². The highest BCUT2D eigenvalue weighted by molar-refractivity contribution is 14.1. The molecule has 70 valence electrons. The van der Waals surface area contributed by atoms with Gasteiger partial charge in [0.25, 0.3) is 0 Å². The van der Waals surface area contributed by atoms with Crippen LogP contribution in [0.4, 0.5) is 0 Å². The Hall–Kier alpha value is -0.290. The maximum atomic E-state index is 9.54. The van der Waals surface area contributed by atoms with Crippen LogP contribution in [0.1, 0.15) is 11.1 Å². The van der Waals surface area contributed by atoms with Crippen LogP contribution >= 0.6 is 22.6 Å². The Morgan fingerprint density at radius 2 is 1.77 bits per heavy atom. The van der Waals surface area contributed by atoms with Crippen molar-refractivity contribution in [3.63, 3.8) is 0 Å². The summed E-state index contributed by atoms with van der Waals surface area (Å²) in [6.07, 6.45) is 2.10. The molecule has 0 aliphatic carbocycles. The third-order valence-corrected chi connectivity index (χ3v) is 3.28. The van der Waals surface area contributed by atoms with Crippen molar-refractivity contribution in [2.75, 3.05) is 13.1 Å². The van der Waals surface area contributed by atoms with Gasteiger partial charge in [0, 0.05) is 0 Å². The van der Waals surface area contributed by atoms with E-state index in [4.69, 9.17) is 0 Å². The van der Waals surface area contributed by atoms with E-state index in [0.29, 0.717) is 5.75 Å². The molecule has 0 aromatic heterocycles. The number of phenolic OH excluding ortho intramolecular Hbond substituents is 1. The first-order valence-corrected chi connectivity index (χ1v) is 5.56. The van der Waals surface area contributed by atoms with Gasteiger partial charge in [-0.3, -0.25) is 0 Å². The molecule has 0 unspecified atom stereocenters. The van der Waals surface area contributed by atoms with Crippen LogP contribution < -0.4 is 5.32 Å². The molecule has 0 radical (unpaired) electrons. The van der Waals surface area contributed by atoms with E-state index in [0.717, 1.165) is 29.5 Å². The fourth-order valence-corrected chi connectivity index (χ4v) is 2.21. The molecule has 13 heavy (non-hydrogen) atoms. The minimum absolute atomic E-state index is 0.418. The van der Waals surface area contributed by atoms with Gasteiger partial charge in [-0.2, -0.15) is 0 Å². The Morgan fingerprint density at radius 3 is 2.46 bits per heavy atom. The van der Waals surface area contributed by atoms with E-state index in [-0.39, 0.29) is 0 Å². The van der Waals surface area contributed by atoms with Gasteiger partial charge >= 0.3 is 0 Å². The van der Waals surface area contributed by atoms with Crippen LogP contribution in [-0.2, 0) is 12.8 Å². The number of hydrogen-bond donors (Lipinski definition) is 2. The molecule has 0 saturated carbocycles. The Balaban J connectivity index is 2.43. The van der Waals surface area contributed by atoms with Gasteiger partial charge in [0.15, 0.2) is 0 Å². The van der Waals surface area contributed by atoms with Gasteiger partial charge in [-0.05, 0) is 71.8 Å². The fourth-order valence-electron chi connectivity index (χ4n) is 1.68. The van der Waals surface area contributed by atoms with Crippen LogP contribution in [0.25, 0.3) is 0 Å². The predicted octanol–water partition coefficient (Wildman–Crippen LogP) is 1.68. The molecule has 2 N–H and O–H groups in total. The lowest BCUT2D eigenvalue weighted by atomic mass is 10.0. The highest BCUT2D eigenvalue weighted by Gasteiger charge is 2.09. The summed E-state index contributed by atoms with van der Waals surface area (Å²) in [5.41, 5.74) is 2.68. The number of fused-ring (bicyclic) bond motifs is 1. The lowest BCUT2D eigenvalue weighted by molar-refractivity contribution is 0.470. The molecule has 0 amide bonds. The van der Waals surface area contributed by atoms with Crippen molar-refractivity contribution in [1.82, 2.24) is 5.32 Å². The summed E-state index contributed by atoms with van der Waals surface area (Å²) in [7, 11) is 0. The van der Waals surface area contributed by atoms with Crippen molar-refractivity contribution in [3.05, 3.63) is 26.8 Å². The van der Waals surface area contributed by atoms with Gasteiger partial charge in [-0.1, -0.05) is 0 Å². The smallest absolute Gasteiger partial charge is 0.129 e. The average molecular weight is 289 g/mol. The van der Waals surface area contributed by atoms with Crippen molar-refractivity contribution in [1.29, 1.82) is 0 Å². The molecule has 0 spiro atoms. The topological polar surface area (TPSA) is 32.3 Å². The monoisotopic (exact) mass is 289 g/mol. The van der Waals surface area contributed by atoms with E-state index >= 15 is 0 Å². The minimum atomic E-state index is 0.418. The molecular formula is C10H12INO. The summed E-state index contributed by atoms with van der Waals surface area (Å²) in [6.45, 7) is 2.07. The van der Waals surface area contributed by atoms with Gasteiger partial charge < -0.3 is 10.4 Å². The number of rotatable bonds is 0. The zero-order valence-corrected chi connectivity index (χ0v) is 9.47. The second kappa shape index (κ2) is 3.84. The van der Waals surface area contributed by atoms with E-state index in [2.05, 4.69) is 34.0 Å². The standard InChI is InChI=1S/C10H12INO/c11-9-5-7-1-3-12-4-2-8(7)6-10(9)13/h5-6,12-13H,1-4H2. The Morgan fingerprint density at radius 1 is 1.15 bits per heavy atom. The van der Waals surface area contributed by atoms with Crippen LogP contribution in [-0.4, -0.2) is 18.2 Å². The lowest BCUT2D eigenvalue weighted by Crippen LogP contribution is -2.16. The average Bonchev–Trinajstić information content (AvgIpc) is 2.31. The SMILES string of the molecule is Oc1cc2c(cc1I)CCNCC2. The first kappa shape index (κ1) is 9.27. The van der Waals surface area contributed by atoms with Gasteiger partial charge in [-0.25, -0.2) is 0 Å². The first-order valence-electron chi connectivity index (χ1n) is 4.48. The maximum absolute atomic E-state index is 9.54. The second-order valence-electron chi connectivity index (χ2n) is 3.32. The molecule has 3 heteroatoms. The Bertz CT molecular complexity index is 294. The number of phenols is 1. The molecular weight excluding hydrogens is 277 g/mol. The first-order chi connectivity index (χ1) is 6.27. The van der Waals surface area contributed by atoms with Crippen molar-refractivity contribution in [2.45, 2.75) is 12.8 Å². The lowest BCUT2D eigenvalue weighted by Gasteiger charge is -2.06. The molecule has 1 aliphatic rings. The molecule has 0 bridgehead atoms. The van der Waals surface area contributed by atoms with Crippen LogP contribution in [0.2, 0.25) is 0 Å². The van der Waals surface area contributed by atoms with E-state index in [1.54, 1.807) is 0 Å². The predicted molar refractivity (Wildman–Crippen MR) is 61.1 cm³/mol. The van der Waals surface area contributed by atoms with Crippen LogP contribution in [0, 0.1) is 3.57 Å². The van der Waals surface area contributed by atoms with Gasteiger partial charge in [-0.15, -0.1) is 0 Å². The minimum Gasteiger partial charge on any atom is -0.507 e. The fraction of sp³-hybridized carbons (Fsp3) is 0.400. The van der Waals surface area contributed by atoms with Gasteiger partial charge in [0.05, 0.1) is 3.57 Å². The van der Waals surface area contributed by atoms with E-state index in [9.17, 15) is 5.11 Å². The highest BCUT2D eigenvalue weighted by atomic mass is 127. The molecule has 2 rings (SSSR count). The zero-order chi connectivity index (χ0) is 9.26. The maximum Gasteiger partial charge on any atom is 0.129 e. The summed E-state index contributed by atoms with van der Waals surface area (Å²) in [6, 6.07) is 4.00. The van der Waals surface area contributed by atoms with E-state index in [1.807, 2.05) is 6.07 Å². The molecule has 0 saturated heterocycles. The number of hydrogen-bond acceptors (Lipinski definition) is 2. The summed E-state index contributed by atoms with van der Waals surface area (Å²) in [5, 5.41) is 12.9. The van der Waals surface area contributed by atoms with Crippen molar-refractivity contribution >= 4 is 22.6 Å². The summed E-state index contributed by atoms with van der Waals surface area (Å²) >= 11 is 2.17. The van der Waals surface area contributed by atoms with Crippen LogP contribution in [0.15, 0.2) is 12.1 Å². The largest absolute Gasteiger partial charge is 0.507 e.